The highest BCUT2D eigenvalue weighted by atomic mass is 16.6. The molecule has 47 heavy (non-hydrogen) atoms. The van der Waals surface area contributed by atoms with Gasteiger partial charge in [-0.3, -0.25) is 24.1 Å². The molecule has 250 valence electrons. The minimum absolute atomic E-state index is 0.0437. The zero-order valence-electron chi connectivity index (χ0n) is 27.0. The Morgan fingerprint density at radius 3 is 1.51 bits per heavy atom. The molecule has 4 rings (SSSR count). The van der Waals surface area contributed by atoms with Crippen LogP contribution in [0.1, 0.15) is 30.5 Å². The molecule has 1 heterocycles. The zero-order valence-corrected chi connectivity index (χ0v) is 27.0. The van der Waals surface area contributed by atoms with Crippen LogP contribution in [0.25, 0.3) is 0 Å². The maximum absolute atomic E-state index is 13.2. The van der Waals surface area contributed by atoms with Crippen molar-refractivity contribution >= 4 is 23.8 Å². The molecule has 0 saturated carbocycles. The largest absolute Gasteiger partial charge is 0.468 e. The SMILES string of the molecule is COC(=O)C(C(=O)OC)[C@@H]1O[C@H](COCc2ccccc2)[C@H](OCc2ccccc2)[C@H](OCc2ccccc2)[C@H]1N(C(C)=O)C(C)=O. The van der Waals surface area contributed by atoms with Gasteiger partial charge in [0.25, 0.3) is 0 Å². The number of benzene rings is 3. The molecule has 0 aromatic heterocycles. The van der Waals surface area contributed by atoms with Crippen molar-refractivity contribution in [1.82, 2.24) is 4.90 Å². The van der Waals surface area contributed by atoms with Gasteiger partial charge in [-0.2, -0.15) is 0 Å². The molecule has 0 N–H and O–H groups in total. The molecule has 3 aromatic rings. The van der Waals surface area contributed by atoms with Gasteiger partial charge in [0.15, 0.2) is 5.92 Å². The van der Waals surface area contributed by atoms with E-state index in [0.29, 0.717) is 0 Å². The molecule has 5 atom stereocenters. The number of hydrogen-bond donors (Lipinski definition) is 0. The van der Waals surface area contributed by atoms with E-state index in [1.54, 1.807) is 0 Å². The normalized spacial score (nSPS) is 20.7. The van der Waals surface area contributed by atoms with E-state index in [4.69, 9.17) is 28.4 Å². The van der Waals surface area contributed by atoms with E-state index in [9.17, 15) is 19.2 Å². The van der Waals surface area contributed by atoms with Crippen molar-refractivity contribution in [3.05, 3.63) is 108 Å². The van der Waals surface area contributed by atoms with Gasteiger partial charge in [-0.15, -0.1) is 0 Å². The number of carbonyl (C=O) groups excluding carboxylic acids is 4. The fraction of sp³-hybridized carbons (Fsp3) is 0.389. The minimum Gasteiger partial charge on any atom is -0.468 e. The van der Waals surface area contributed by atoms with Crippen LogP contribution in [-0.2, 0) is 67.4 Å². The predicted molar refractivity (Wildman–Crippen MR) is 169 cm³/mol. The fourth-order valence-corrected chi connectivity index (χ4v) is 5.71. The van der Waals surface area contributed by atoms with Crippen LogP contribution < -0.4 is 0 Å². The van der Waals surface area contributed by atoms with Gasteiger partial charge >= 0.3 is 11.9 Å². The summed E-state index contributed by atoms with van der Waals surface area (Å²) in [5.74, 6) is -4.88. The summed E-state index contributed by atoms with van der Waals surface area (Å²) in [5, 5.41) is 0. The third kappa shape index (κ3) is 9.32. The molecule has 11 heteroatoms. The Kier molecular flexibility index (Phi) is 13.2. The lowest BCUT2D eigenvalue weighted by Crippen LogP contribution is -2.69. The van der Waals surface area contributed by atoms with Crippen LogP contribution in [0, 0.1) is 5.92 Å². The highest BCUT2D eigenvalue weighted by molar-refractivity contribution is 5.97. The Morgan fingerprint density at radius 2 is 1.09 bits per heavy atom. The monoisotopic (exact) mass is 647 g/mol. The van der Waals surface area contributed by atoms with Crippen molar-refractivity contribution in [3.8, 4) is 0 Å². The van der Waals surface area contributed by atoms with Crippen LogP contribution >= 0.6 is 0 Å². The van der Waals surface area contributed by atoms with Gasteiger partial charge in [0.1, 0.15) is 24.4 Å². The van der Waals surface area contributed by atoms with E-state index < -0.39 is 60.1 Å². The topological polar surface area (TPSA) is 127 Å². The molecule has 0 spiro atoms. The molecule has 1 aliphatic rings. The summed E-state index contributed by atoms with van der Waals surface area (Å²) in [7, 11) is 2.25. The number of esters is 2. The van der Waals surface area contributed by atoms with Gasteiger partial charge in [-0.05, 0) is 16.7 Å². The van der Waals surface area contributed by atoms with Crippen molar-refractivity contribution in [2.24, 2.45) is 5.92 Å². The smallest absolute Gasteiger partial charge is 0.322 e. The average Bonchev–Trinajstić information content (AvgIpc) is 3.08. The summed E-state index contributed by atoms with van der Waals surface area (Å²) >= 11 is 0. The number of ether oxygens (including phenoxy) is 6. The highest BCUT2D eigenvalue weighted by Crippen LogP contribution is 2.35. The van der Waals surface area contributed by atoms with Gasteiger partial charge in [-0.1, -0.05) is 91.0 Å². The molecule has 11 nitrogen and oxygen atoms in total. The van der Waals surface area contributed by atoms with Gasteiger partial charge in [0, 0.05) is 13.8 Å². The minimum atomic E-state index is -1.68. The number of rotatable bonds is 14. The molecule has 1 fully saturated rings. The van der Waals surface area contributed by atoms with Crippen LogP contribution in [0.5, 0.6) is 0 Å². The Balaban J connectivity index is 1.82. The first kappa shape index (κ1) is 35.4. The average molecular weight is 648 g/mol. The maximum atomic E-state index is 13.2. The van der Waals surface area contributed by atoms with Crippen molar-refractivity contribution < 1.29 is 47.6 Å². The summed E-state index contributed by atoms with van der Waals surface area (Å²) in [6.07, 6.45) is -4.40. The number of amides is 2. The van der Waals surface area contributed by atoms with E-state index in [2.05, 4.69) is 0 Å². The first-order chi connectivity index (χ1) is 22.7. The first-order valence-electron chi connectivity index (χ1n) is 15.3. The summed E-state index contributed by atoms with van der Waals surface area (Å²) in [4.78, 5) is 53.6. The Hall–Kier alpha value is -4.42. The van der Waals surface area contributed by atoms with E-state index >= 15 is 0 Å². The third-order valence-corrected chi connectivity index (χ3v) is 7.87. The van der Waals surface area contributed by atoms with Crippen molar-refractivity contribution in [1.29, 1.82) is 0 Å². The first-order valence-corrected chi connectivity index (χ1v) is 15.3. The molecule has 0 unspecified atom stereocenters. The van der Waals surface area contributed by atoms with Crippen LogP contribution in [0.3, 0.4) is 0 Å². The molecule has 0 bridgehead atoms. The van der Waals surface area contributed by atoms with Crippen LogP contribution in [0.2, 0.25) is 0 Å². The van der Waals surface area contributed by atoms with Crippen LogP contribution in [-0.4, -0.2) is 79.9 Å². The second-order valence-corrected chi connectivity index (χ2v) is 11.1. The Labute approximate surface area is 274 Å². The Morgan fingerprint density at radius 1 is 0.660 bits per heavy atom. The molecular formula is C36H41NO10. The third-order valence-electron chi connectivity index (χ3n) is 7.87. The number of methoxy groups -OCH3 is 2. The van der Waals surface area contributed by atoms with E-state index in [-0.39, 0.29) is 26.4 Å². The molecule has 2 amide bonds. The van der Waals surface area contributed by atoms with E-state index in [1.807, 2.05) is 91.0 Å². The molecule has 1 saturated heterocycles. The second-order valence-electron chi connectivity index (χ2n) is 11.1. The molecule has 0 radical (unpaired) electrons. The Bertz CT molecular complexity index is 1420. The van der Waals surface area contributed by atoms with Gasteiger partial charge in [-0.25, -0.2) is 0 Å². The lowest BCUT2D eigenvalue weighted by Gasteiger charge is -2.50. The number of carbonyl (C=O) groups is 4. The second kappa shape index (κ2) is 17.5. The molecular weight excluding hydrogens is 606 g/mol. The van der Waals surface area contributed by atoms with Gasteiger partial charge in [0.05, 0.1) is 46.7 Å². The maximum Gasteiger partial charge on any atom is 0.322 e. The quantitative estimate of drug-likeness (QED) is 0.188. The summed E-state index contributed by atoms with van der Waals surface area (Å²) in [6, 6.07) is 27.0. The lowest BCUT2D eigenvalue weighted by atomic mass is 9.84. The summed E-state index contributed by atoms with van der Waals surface area (Å²) < 4.78 is 35.7. The zero-order chi connectivity index (χ0) is 33.8. The lowest BCUT2D eigenvalue weighted by molar-refractivity contribution is -0.255. The van der Waals surface area contributed by atoms with E-state index in [1.165, 1.54) is 13.8 Å². The van der Waals surface area contributed by atoms with Crippen molar-refractivity contribution in [2.75, 3.05) is 20.8 Å². The summed E-state index contributed by atoms with van der Waals surface area (Å²) in [5.41, 5.74) is 2.58. The number of nitrogens with zero attached hydrogens (tertiary/aromatic N) is 1. The van der Waals surface area contributed by atoms with Crippen molar-refractivity contribution in [3.63, 3.8) is 0 Å². The van der Waals surface area contributed by atoms with Crippen LogP contribution in [0.15, 0.2) is 91.0 Å². The predicted octanol–water partition coefficient (Wildman–Crippen LogP) is 3.87. The van der Waals surface area contributed by atoms with Gasteiger partial charge in [0.2, 0.25) is 11.8 Å². The van der Waals surface area contributed by atoms with Gasteiger partial charge < -0.3 is 28.4 Å². The van der Waals surface area contributed by atoms with Crippen LogP contribution in [0.4, 0.5) is 0 Å². The number of hydrogen-bond acceptors (Lipinski definition) is 10. The number of imide groups is 1. The van der Waals surface area contributed by atoms with Crippen molar-refractivity contribution in [2.45, 2.75) is 64.1 Å². The molecule has 0 aliphatic carbocycles. The summed E-state index contributed by atoms with van der Waals surface area (Å²) in [6.45, 7) is 2.81. The highest BCUT2D eigenvalue weighted by Gasteiger charge is 2.57. The molecule has 1 aliphatic heterocycles. The fourth-order valence-electron chi connectivity index (χ4n) is 5.71. The van der Waals surface area contributed by atoms with E-state index in [0.717, 1.165) is 35.8 Å². The molecule has 3 aromatic carbocycles. The standard InChI is InChI=1S/C36H41NO10/c1-24(38)37(25(2)39)31-33(30(35(40)42-3)36(41)43-4)47-29(23-44-20-26-14-8-5-9-15-26)32(45-21-27-16-10-6-11-17-27)34(31)46-22-28-18-12-7-13-19-28/h5-19,29-34H,20-23H2,1-4H3/t29-,31+,32+,33+,34-/m1/s1.